The zero-order chi connectivity index (χ0) is 13.1. The van der Waals surface area contributed by atoms with E-state index in [0.717, 1.165) is 29.4 Å². The van der Waals surface area contributed by atoms with Crippen LogP contribution in [0.25, 0.3) is 0 Å². The van der Waals surface area contributed by atoms with E-state index in [1.54, 1.807) is 0 Å². The highest BCUT2D eigenvalue weighted by atomic mass is 79.9. The molecule has 18 heavy (non-hydrogen) atoms. The van der Waals surface area contributed by atoms with Crippen LogP contribution in [0.3, 0.4) is 0 Å². The lowest BCUT2D eigenvalue weighted by molar-refractivity contribution is 0.102. The minimum absolute atomic E-state index is 0.139. The molecule has 0 amide bonds. The Balaban J connectivity index is 1.95. The van der Waals surface area contributed by atoms with Gasteiger partial charge in [-0.25, -0.2) is 0 Å². The SMILES string of the molecule is CCc1nn(C)c(CCC(O)C2CCCC2)c1Br. The fourth-order valence-electron chi connectivity index (χ4n) is 2.95. The molecule has 3 nitrogen and oxygen atoms in total. The smallest absolute Gasteiger partial charge is 0.0766 e. The van der Waals surface area contributed by atoms with Gasteiger partial charge in [0.25, 0.3) is 0 Å². The summed E-state index contributed by atoms with van der Waals surface area (Å²) in [7, 11) is 1.99. The number of nitrogens with zero attached hydrogens (tertiary/aromatic N) is 2. The van der Waals surface area contributed by atoms with E-state index in [9.17, 15) is 5.11 Å². The molecule has 0 radical (unpaired) electrons. The molecule has 0 saturated heterocycles. The molecule has 0 aliphatic heterocycles. The van der Waals surface area contributed by atoms with E-state index >= 15 is 0 Å². The van der Waals surface area contributed by atoms with Crippen LogP contribution in [0.15, 0.2) is 4.47 Å². The van der Waals surface area contributed by atoms with Gasteiger partial charge in [-0.1, -0.05) is 19.8 Å². The average molecular weight is 315 g/mol. The Hall–Kier alpha value is -0.350. The van der Waals surface area contributed by atoms with E-state index in [-0.39, 0.29) is 6.10 Å². The van der Waals surface area contributed by atoms with Gasteiger partial charge in [-0.2, -0.15) is 5.10 Å². The largest absolute Gasteiger partial charge is 0.393 e. The van der Waals surface area contributed by atoms with Crippen molar-refractivity contribution in [2.75, 3.05) is 0 Å². The highest BCUT2D eigenvalue weighted by molar-refractivity contribution is 9.10. The summed E-state index contributed by atoms with van der Waals surface area (Å²) in [6.45, 7) is 2.12. The third kappa shape index (κ3) is 2.97. The molecule has 0 spiro atoms. The molecular weight excluding hydrogens is 292 g/mol. The summed E-state index contributed by atoms with van der Waals surface area (Å²) in [5.74, 6) is 0.530. The van der Waals surface area contributed by atoms with Gasteiger partial charge in [-0.05, 0) is 54.0 Å². The van der Waals surface area contributed by atoms with Crippen LogP contribution in [-0.4, -0.2) is 21.0 Å². The van der Waals surface area contributed by atoms with Crippen molar-refractivity contribution in [3.8, 4) is 0 Å². The second-order valence-electron chi connectivity index (χ2n) is 5.34. The van der Waals surface area contributed by atoms with E-state index in [2.05, 4.69) is 28.0 Å². The number of halogens is 1. The minimum Gasteiger partial charge on any atom is -0.393 e. The Morgan fingerprint density at radius 2 is 2.11 bits per heavy atom. The first kappa shape index (κ1) is 14.1. The van der Waals surface area contributed by atoms with Crippen LogP contribution in [0.1, 0.15) is 50.4 Å². The third-order valence-corrected chi connectivity index (χ3v) is 5.04. The lowest BCUT2D eigenvalue weighted by Crippen LogP contribution is -2.19. The zero-order valence-electron chi connectivity index (χ0n) is 11.3. The fourth-order valence-corrected chi connectivity index (χ4v) is 3.77. The number of aliphatic hydroxyl groups excluding tert-OH is 1. The van der Waals surface area contributed by atoms with E-state index in [1.807, 2.05) is 11.7 Å². The van der Waals surface area contributed by atoms with Gasteiger partial charge in [0.05, 0.1) is 22.0 Å². The van der Waals surface area contributed by atoms with Crippen molar-refractivity contribution in [1.82, 2.24) is 9.78 Å². The zero-order valence-corrected chi connectivity index (χ0v) is 12.9. The van der Waals surface area contributed by atoms with Crippen molar-refractivity contribution in [3.63, 3.8) is 0 Å². The Morgan fingerprint density at radius 1 is 1.44 bits per heavy atom. The molecule has 0 aromatic carbocycles. The van der Waals surface area contributed by atoms with Gasteiger partial charge in [-0.15, -0.1) is 0 Å². The molecule has 1 fully saturated rings. The summed E-state index contributed by atoms with van der Waals surface area (Å²) in [5, 5.41) is 14.7. The molecule has 1 atom stereocenters. The van der Waals surface area contributed by atoms with Crippen molar-refractivity contribution in [2.45, 2.75) is 58.0 Å². The van der Waals surface area contributed by atoms with E-state index in [0.29, 0.717) is 5.92 Å². The molecule has 102 valence electrons. The molecule has 1 saturated carbocycles. The molecule has 1 heterocycles. The maximum absolute atomic E-state index is 10.2. The molecule has 1 N–H and O–H groups in total. The van der Waals surface area contributed by atoms with Crippen LogP contribution >= 0.6 is 15.9 Å². The number of aromatic nitrogens is 2. The predicted molar refractivity (Wildman–Crippen MR) is 76.6 cm³/mol. The predicted octanol–water partition coefficient (Wildman–Crippen LogP) is 3.23. The summed E-state index contributed by atoms with van der Waals surface area (Å²) in [4.78, 5) is 0. The second-order valence-corrected chi connectivity index (χ2v) is 6.13. The molecule has 1 aliphatic carbocycles. The number of aryl methyl sites for hydroxylation is 2. The van der Waals surface area contributed by atoms with Crippen LogP contribution in [0.4, 0.5) is 0 Å². The molecule has 0 bridgehead atoms. The Bertz CT molecular complexity index is 397. The van der Waals surface area contributed by atoms with Crippen LogP contribution in [-0.2, 0) is 19.9 Å². The number of hydrogen-bond acceptors (Lipinski definition) is 2. The summed E-state index contributed by atoms with van der Waals surface area (Å²) in [6.07, 6.45) is 7.54. The van der Waals surface area contributed by atoms with Gasteiger partial charge in [0, 0.05) is 7.05 Å². The highest BCUT2D eigenvalue weighted by Crippen LogP contribution is 2.30. The van der Waals surface area contributed by atoms with Crippen LogP contribution in [0.2, 0.25) is 0 Å². The third-order valence-electron chi connectivity index (χ3n) is 4.12. The van der Waals surface area contributed by atoms with Gasteiger partial charge < -0.3 is 5.11 Å². The van der Waals surface area contributed by atoms with Gasteiger partial charge >= 0.3 is 0 Å². The lowest BCUT2D eigenvalue weighted by atomic mass is 9.96. The summed E-state index contributed by atoms with van der Waals surface area (Å²) in [6, 6.07) is 0. The molecule has 1 aliphatic rings. The van der Waals surface area contributed by atoms with Gasteiger partial charge in [0.2, 0.25) is 0 Å². The first-order valence-electron chi connectivity index (χ1n) is 7.01. The van der Waals surface area contributed by atoms with E-state index < -0.39 is 0 Å². The van der Waals surface area contributed by atoms with E-state index in [4.69, 9.17) is 0 Å². The van der Waals surface area contributed by atoms with Crippen molar-refractivity contribution < 1.29 is 5.11 Å². The normalized spacial score (nSPS) is 18.4. The minimum atomic E-state index is -0.139. The summed E-state index contributed by atoms with van der Waals surface area (Å²) in [5.41, 5.74) is 2.33. The maximum atomic E-state index is 10.2. The van der Waals surface area contributed by atoms with Crippen LogP contribution in [0.5, 0.6) is 0 Å². The maximum Gasteiger partial charge on any atom is 0.0766 e. The summed E-state index contributed by atoms with van der Waals surface area (Å²) >= 11 is 3.63. The van der Waals surface area contributed by atoms with Crippen LogP contribution in [0, 0.1) is 5.92 Å². The van der Waals surface area contributed by atoms with Gasteiger partial charge in [0.1, 0.15) is 0 Å². The average Bonchev–Trinajstić information content (AvgIpc) is 2.96. The molecule has 4 heteroatoms. The number of rotatable bonds is 5. The molecular formula is C14H23BrN2O. The highest BCUT2D eigenvalue weighted by Gasteiger charge is 2.23. The monoisotopic (exact) mass is 314 g/mol. The quantitative estimate of drug-likeness (QED) is 0.906. The standard InChI is InChI=1S/C14H23BrN2O/c1-3-11-14(15)12(17(2)16-11)8-9-13(18)10-6-4-5-7-10/h10,13,18H,3-9H2,1-2H3. The Morgan fingerprint density at radius 3 is 2.67 bits per heavy atom. The van der Waals surface area contributed by atoms with Gasteiger partial charge in [-0.3, -0.25) is 4.68 Å². The van der Waals surface area contributed by atoms with Crippen molar-refractivity contribution >= 4 is 15.9 Å². The summed E-state index contributed by atoms with van der Waals surface area (Å²) < 4.78 is 3.08. The first-order valence-corrected chi connectivity index (χ1v) is 7.81. The lowest BCUT2D eigenvalue weighted by Gasteiger charge is -2.17. The topological polar surface area (TPSA) is 38.0 Å². The Labute approximate surface area is 118 Å². The van der Waals surface area contributed by atoms with Crippen molar-refractivity contribution in [2.24, 2.45) is 13.0 Å². The van der Waals surface area contributed by atoms with Crippen molar-refractivity contribution in [1.29, 1.82) is 0 Å². The number of aliphatic hydroxyl groups is 1. The first-order chi connectivity index (χ1) is 8.63. The molecule has 2 rings (SSSR count). The van der Waals surface area contributed by atoms with E-state index in [1.165, 1.54) is 31.4 Å². The van der Waals surface area contributed by atoms with Gasteiger partial charge in [0.15, 0.2) is 0 Å². The second kappa shape index (κ2) is 6.20. The molecule has 1 aromatic rings. The van der Waals surface area contributed by atoms with Crippen LogP contribution < -0.4 is 0 Å². The molecule has 1 aromatic heterocycles. The Kier molecular flexibility index (Phi) is 4.84. The molecule has 1 unspecified atom stereocenters. The number of hydrogen-bond donors (Lipinski definition) is 1. The fraction of sp³-hybridized carbons (Fsp3) is 0.786. The van der Waals surface area contributed by atoms with Crippen molar-refractivity contribution in [3.05, 3.63) is 15.9 Å².